The molecule has 0 aromatic heterocycles. The number of carbonyl (C=O) groups excluding carboxylic acids is 3. The predicted molar refractivity (Wildman–Crippen MR) is 90.8 cm³/mol. The first-order valence-electron chi connectivity index (χ1n) is 8.28. The molecule has 0 fully saturated rings. The van der Waals surface area contributed by atoms with Gasteiger partial charge in [0.2, 0.25) is 0 Å². The molecule has 2 N–H and O–H groups in total. The second-order valence-electron chi connectivity index (χ2n) is 5.82. The molecule has 0 heterocycles. The second-order valence-corrected chi connectivity index (χ2v) is 5.82. The van der Waals surface area contributed by atoms with Crippen LogP contribution in [0.5, 0.6) is 0 Å². The van der Waals surface area contributed by atoms with Crippen LogP contribution in [0.4, 0.5) is 4.79 Å². The molecule has 0 aliphatic carbocycles. The third-order valence-corrected chi connectivity index (χ3v) is 3.19. The predicted octanol–water partition coefficient (Wildman–Crippen LogP) is 1.70. The maximum atomic E-state index is 11.7. The van der Waals surface area contributed by atoms with Gasteiger partial charge >= 0.3 is 18.0 Å². The number of ether oxygens (including phenoxy) is 3. The molecule has 8 nitrogen and oxygen atoms in total. The quantitative estimate of drug-likeness (QED) is 0.250. The maximum absolute atomic E-state index is 11.7. The monoisotopic (exact) mass is 359 g/mol. The smallest absolute Gasteiger partial charge is 0.407 e. The van der Waals surface area contributed by atoms with Gasteiger partial charge in [-0.25, -0.2) is 9.59 Å². The van der Waals surface area contributed by atoms with Crippen molar-refractivity contribution in [1.29, 1.82) is 0 Å². The molecule has 0 bridgehead atoms. The third-order valence-electron chi connectivity index (χ3n) is 3.19. The van der Waals surface area contributed by atoms with E-state index in [1.807, 2.05) is 6.92 Å². The van der Waals surface area contributed by atoms with E-state index in [-0.39, 0.29) is 31.6 Å². The standard InChI is InChI=1S/C17H29NO7/c1-6-14(20)10-15(25-13(5)19)9-12(4)24-17(22)18-7-8-23-16(21)11(2)3/h12,14-15,20H,2,6-10H2,1,3-5H3,(H,18,22). The van der Waals surface area contributed by atoms with Crippen LogP contribution in [-0.2, 0) is 23.8 Å². The number of aliphatic hydroxyl groups excluding tert-OH is 1. The van der Waals surface area contributed by atoms with Gasteiger partial charge < -0.3 is 24.6 Å². The molecule has 1 amide bonds. The summed E-state index contributed by atoms with van der Waals surface area (Å²) in [6.45, 7) is 9.86. The molecule has 25 heavy (non-hydrogen) atoms. The Hall–Kier alpha value is -2.09. The summed E-state index contributed by atoms with van der Waals surface area (Å²) in [5, 5.41) is 12.2. The van der Waals surface area contributed by atoms with Gasteiger partial charge in [0.25, 0.3) is 0 Å². The molecular weight excluding hydrogens is 330 g/mol. The van der Waals surface area contributed by atoms with E-state index in [2.05, 4.69) is 11.9 Å². The van der Waals surface area contributed by atoms with Crippen molar-refractivity contribution in [3.05, 3.63) is 12.2 Å². The Morgan fingerprint density at radius 1 is 1.16 bits per heavy atom. The zero-order valence-electron chi connectivity index (χ0n) is 15.4. The molecule has 0 spiro atoms. The average Bonchev–Trinajstić information content (AvgIpc) is 2.49. The molecule has 144 valence electrons. The maximum Gasteiger partial charge on any atom is 0.407 e. The fraction of sp³-hybridized carbons (Fsp3) is 0.706. The highest BCUT2D eigenvalue weighted by Crippen LogP contribution is 2.14. The molecular formula is C17H29NO7. The van der Waals surface area contributed by atoms with Crippen LogP contribution in [0.15, 0.2) is 12.2 Å². The minimum atomic E-state index is -0.670. The Morgan fingerprint density at radius 2 is 1.80 bits per heavy atom. The molecule has 3 unspecified atom stereocenters. The van der Waals surface area contributed by atoms with Gasteiger partial charge in [-0.05, 0) is 20.3 Å². The van der Waals surface area contributed by atoms with E-state index in [9.17, 15) is 19.5 Å². The lowest BCUT2D eigenvalue weighted by Crippen LogP contribution is -2.33. The Labute approximate surface area is 148 Å². The molecule has 0 saturated carbocycles. The van der Waals surface area contributed by atoms with E-state index in [0.717, 1.165) is 0 Å². The zero-order chi connectivity index (χ0) is 19.4. The lowest BCUT2D eigenvalue weighted by Gasteiger charge is -2.23. The highest BCUT2D eigenvalue weighted by molar-refractivity contribution is 5.86. The summed E-state index contributed by atoms with van der Waals surface area (Å²) in [5.41, 5.74) is 0.280. The van der Waals surface area contributed by atoms with E-state index < -0.39 is 36.3 Å². The highest BCUT2D eigenvalue weighted by atomic mass is 16.6. The van der Waals surface area contributed by atoms with Crippen molar-refractivity contribution in [2.45, 2.75) is 65.3 Å². The summed E-state index contributed by atoms with van der Waals surface area (Å²) in [5.74, 6) is -0.980. The number of amides is 1. The van der Waals surface area contributed by atoms with Crippen LogP contribution >= 0.6 is 0 Å². The molecule has 0 aliphatic heterocycles. The van der Waals surface area contributed by atoms with Crippen LogP contribution in [0.3, 0.4) is 0 Å². The molecule has 0 rings (SSSR count). The van der Waals surface area contributed by atoms with Crippen LogP contribution in [0.1, 0.15) is 47.0 Å². The van der Waals surface area contributed by atoms with E-state index >= 15 is 0 Å². The number of esters is 2. The number of rotatable bonds is 11. The lowest BCUT2D eigenvalue weighted by molar-refractivity contribution is -0.149. The Morgan fingerprint density at radius 3 is 2.32 bits per heavy atom. The number of hydrogen-bond acceptors (Lipinski definition) is 7. The summed E-state index contributed by atoms with van der Waals surface area (Å²) in [7, 11) is 0. The number of carbonyl (C=O) groups is 3. The van der Waals surface area contributed by atoms with Gasteiger partial charge in [-0.15, -0.1) is 0 Å². The van der Waals surface area contributed by atoms with Gasteiger partial charge in [-0.2, -0.15) is 0 Å². The van der Waals surface area contributed by atoms with Gasteiger partial charge in [-0.3, -0.25) is 4.79 Å². The fourth-order valence-corrected chi connectivity index (χ4v) is 1.96. The van der Waals surface area contributed by atoms with Crippen molar-refractivity contribution in [3.8, 4) is 0 Å². The SMILES string of the molecule is C=C(C)C(=O)OCCNC(=O)OC(C)CC(CC(O)CC)OC(C)=O. The van der Waals surface area contributed by atoms with Crippen molar-refractivity contribution in [2.75, 3.05) is 13.2 Å². The van der Waals surface area contributed by atoms with Crippen molar-refractivity contribution in [1.82, 2.24) is 5.32 Å². The van der Waals surface area contributed by atoms with E-state index in [4.69, 9.17) is 14.2 Å². The van der Waals surface area contributed by atoms with Crippen molar-refractivity contribution in [2.24, 2.45) is 0 Å². The lowest BCUT2D eigenvalue weighted by atomic mass is 10.0. The van der Waals surface area contributed by atoms with E-state index in [1.54, 1.807) is 6.92 Å². The zero-order valence-corrected chi connectivity index (χ0v) is 15.4. The van der Waals surface area contributed by atoms with Crippen LogP contribution in [-0.4, -0.2) is 54.6 Å². The van der Waals surface area contributed by atoms with Crippen LogP contribution in [0.2, 0.25) is 0 Å². The first-order chi connectivity index (χ1) is 11.6. The van der Waals surface area contributed by atoms with Crippen molar-refractivity contribution in [3.63, 3.8) is 0 Å². The van der Waals surface area contributed by atoms with Gasteiger partial charge in [-0.1, -0.05) is 13.5 Å². The topological polar surface area (TPSA) is 111 Å². The van der Waals surface area contributed by atoms with Crippen LogP contribution in [0, 0.1) is 0 Å². The molecule has 8 heteroatoms. The first kappa shape index (κ1) is 22.9. The molecule has 0 aromatic carbocycles. The number of aliphatic hydroxyl groups is 1. The normalized spacial score (nSPS) is 14.0. The van der Waals surface area contributed by atoms with Gasteiger partial charge in [0.1, 0.15) is 18.8 Å². The van der Waals surface area contributed by atoms with Crippen LogP contribution in [0.25, 0.3) is 0 Å². The number of hydrogen-bond donors (Lipinski definition) is 2. The van der Waals surface area contributed by atoms with Gasteiger partial charge in [0, 0.05) is 25.3 Å². The van der Waals surface area contributed by atoms with Crippen molar-refractivity contribution < 1.29 is 33.7 Å². The second kappa shape index (κ2) is 12.3. The van der Waals surface area contributed by atoms with Gasteiger partial charge in [0.05, 0.1) is 12.6 Å². The Balaban J connectivity index is 4.19. The summed E-state index contributed by atoms with van der Waals surface area (Å²) in [6, 6.07) is 0. The molecule has 3 atom stereocenters. The first-order valence-corrected chi connectivity index (χ1v) is 8.28. The minimum absolute atomic E-state index is 0.00788. The molecule has 0 radical (unpaired) electrons. The van der Waals surface area contributed by atoms with Gasteiger partial charge in [0.15, 0.2) is 0 Å². The molecule has 0 saturated heterocycles. The third kappa shape index (κ3) is 12.0. The van der Waals surface area contributed by atoms with E-state index in [0.29, 0.717) is 6.42 Å². The molecule has 0 aliphatic rings. The highest BCUT2D eigenvalue weighted by Gasteiger charge is 2.21. The fourth-order valence-electron chi connectivity index (χ4n) is 1.96. The minimum Gasteiger partial charge on any atom is -0.462 e. The largest absolute Gasteiger partial charge is 0.462 e. The summed E-state index contributed by atoms with van der Waals surface area (Å²) in [6.07, 6.45) is -1.23. The van der Waals surface area contributed by atoms with Crippen molar-refractivity contribution >= 4 is 18.0 Å². The Kier molecular flexibility index (Phi) is 11.3. The summed E-state index contributed by atoms with van der Waals surface area (Å²) in [4.78, 5) is 34.0. The summed E-state index contributed by atoms with van der Waals surface area (Å²) < 4.78 is 15.1. The van der Waals surface area contributed by atoms with E-state index in [1.165, 1.54) is 13.8 Å². The Bertz CT molecular complexity index is 464. The molecule has 0 aromatic rings. The number of alkyl carbamates (subject to hydrolysis) is 1. The number of nitrogens with one attached hydrogen (secondary N) is 1. The van der Waals surface area contributed by atoms with Crippen LogP contribution < -0.4 is 5.32 Å². The average molecular weight is 359 g/mol. The summed E-state index contributed by atoms with van der Waals surface area (Å²) >= 11 is 0.